The predicted octanol–water partition coefficient (Wildman–Crippen LogP) is -0.163. The maximum atomic E-state index is 12.3. The molecule has 2 saturated heterocycles. The molecule has 1 aromatic heterocycles. The van der Waals surface area contributed by atoms with Crippen LogP contribution in [0.3, 0.4) is 0 Å². The smallest absolute Gasteiger partial charge is 0.336 e. The first kappa shape index (κ1) is 16.2. The lowest BCUT2D eigenvalue weighted by atomic mass is 10.2. The van der Waals surface area contributed by atoms with Gasteiger partial charge in [-0.1, -0.05) is 0 Å². The Morgan fingerprint density at radius 3 is 1.65 bits per heavy atom. The zero-order chi connectivity index (χ0) is 16.2. The summed E-state index contributed by atoms with van der Waals surface area (Å²) < 4.78 is 12.5. The molecule has 2 fully saturated rings. The highest BCUT2D eigenvalue weighted by atomic mass is 16.6. The van der Waals surface area contributed by atoms with Crippen LogP contribution < -0.4 is 17.1 Å². The third kappa shape index (κ3) is 4.65. The SMILES string of the molecule is O=c1[nH]c(=O)n(CCCCC2CO2)c(=O)n1CCCCC1CO1. The Kier molecular flexibility index (Phi) is 5.12. The van der Waals surface area contributed by atoms with Crippen molar-refractivity contribution in [1.29, 1.82) is 0 Å². The first-order valence-electron chi connectivity index (χ1n) is 8.32. The van der Waals surface area contributed by atoms with Gasteiger partial charge < -0.3 is 9.47 Å². The summed E-state index contributed by atoms with van der Waals surface area (Å²) >= 11 is 0. The van der Waals surface area contributed by atoms with E-state index in [0.29, 0.717) is 25.3 Å². The minimum absolute atomic E-state index is 0.330. The normalized spacial score (nSPS) is 22.3. The van der Waals surface area contributed by atoms with Crippen LogP contribution in [0.1, 0.15) is 38.5 Å². The summed E-state index contributed by atoms with van der Waals surface area (Å²) in [6, 6.07) is 0. The molecule has 8 heteroatoms. The van der Waals surface area contributed by atoms with E-state index in [1.54, 1.807) is 0 Å². The molecule has 0 aliphatic carbocycles. The molecule has 23 heavy (non-hydrogen) atoms. The molecule has 1 aromatic rings. The van der Waals surface area contributed by atoms with Gasteiger partial charge in [0, 0.05) is 13.1 Å². The lowest BCUT2D eigenvalue weighted by Crippen LogP contribution is -2.49. The van der Waals surface area contributed by atoms with Gasteiger partial charge in [0.1, 0.15) is 0 Å². The van der Waals surface area contributed by atoms with Crippen LogP contribution >= 0.6 is 0 Å². The predicted molar refractivity (Wildman–Crippen MR) is 82.8 cm³/mol. The van der Waals surface area contributed by atoms with Crippen LogP contribution in [-0.4, -0.2) is 39.5 Å². The zero-order valence-electron chi connectivity index (χ0n) is 13.2. The molecule has 0 radical (unpaired) electrons. The molecule has 0 spiro atoms. The van der Waals surface area contributed by atoms with Gasteiger partial charge in [0.15, 0.2) is 0 Å². The number of aromatic nitrogens is 3. The highest BCUT2D eigenvalue weighted by Crippen LogP contribution is 2.17. The lowest BCUT2D eigenvalue weighted by molar-refractivity contribution is 0.381. The van der Waals surface area contributed by atoms with E-state index in [1.807, 2.05) is 0 Å². The average Bonchev–Trinajstić information content (AvgIpc) is 3.39. The molecule has 0 bridgehead atoms. The molecule has 2 atom stereocenters. The van der Waals surface area contributed by atoms with Crippen molar-refractivity contribution in [3.63, 3.8) is 0 Å². The highest BCUT2D eigenvalue weighted by Gasteiger charge is 2.22. The number of rotatable bonds is 10. The van der Waals surface area contributed by atoms with Gasteiger partial charge in [-0.2, -0.15) is 0 Å². The van der Waals surface area contributed by atoms with Gasteiger partial charge in [-0.25, -0.2) is 23.5 Å². The van der Waals surface area contributed by atoms with Crippen LogP contribution in [0, 0.1) is 0 Å². The minimum atomic E-state index is -0.620. The second-order valence-corrected chi connectivity index (χ2v) is 6.22. The first-order valence-corrected chi connectivity index (χ1v) is 8.32. The fourth-order valence-electron chi connectivity index (χ4n) is 2.69. The van der Waals surface area contributed by atoms with Crippen molar-refractivity contribution >= 4 is 0 Å². The van der Waals surface area contributed by atoms with Crippen molar-refractivity contribution in [1.82, 2.24) is 14.1 Å². The van der Waals surface area contributed by atoms with Gasteiger partial charge in [-0.15, -0.1) is 0 Å². The summed E-state index contributed by atoms with van der Waals surface area (Å²) in [5.41, 5.74) is -1.75. The molecule has 0 saturated carbocycles. The molecule has 0 aromatic carbocycles. The molecule has 128 valence electrons. The van der Waals surface area contributed by atoms with E-state index in [2.05, 4.69) is 4.98 Å². The van der Waals surface area contributed by atoms with Crippen LogP contribution in [0.4, 0.5) is 0 Å². The second-order valence-electron chi connectivity index (χ2n) is 6.22. The highest BCUT2D eigenvalue weighted by molar-refractivity contribution is 4.76. The van der Waals surface area contributed by atoms with E-state index in [-0.39, 0.29) is 0 Å². The van der Waals surface area contributed by atoms with Crippen LogP contribution in [0.15, 0.2) is 14.4 Å². The van der Waals surface area contributed by atoms with Crippen LogP contribution in [0.25, 0.3) is 0 Å². The van der Waals surface area contributed by atoms with Crippen molar-refractivity contribution in [2.45, 2.75) is 63.8 Å². The summed E-state index contributed by atoms with van der Waals surface area (Å²) in [7, 11) is 0. The Hall–Kier alpha value is -1.67. The van der Waals surface area contributed by atoms with Gasteiger partial charge in [0.05, 0.1) is 25.4 Å². The van der Waals surface area contributed by atoms with Crippen molar-refractivity contribution in [2.75, 3.05) is 13.2 Å². The number of hydrogen-bond acceptors (Lipinski definition) is 5. The lowest BCUT2D eigenvalue weighted by Gasteiger charge is -2.08. The summed E-state index contributed by atoms with van der Waals surface area (Å²) in [5, 5.41) is 0. The number of H-pyrrole nitrogens is 1. The van der Waals surface area contributed by atoms with Crippen LogP contribution in [0.2, 0.25) is 0 Å². The fourth-order valence-corrected chi connectivity index (χ4v) is 2.69. The van der Waals surface area contributed by atoms with E-state index in [4.69, 9.17) is 9.47 Å². The molecule has 3 rings (SSSR count). The van der Waals surface area contributed by atoms with Gasteiger partial charge >= 0.3 is 17.1 Å². The number of aromatic amines is 1. The van der Waals surface area contributed by atoms with Gasteiger partial charge in [-0.3, -0.25) is 4.98 Å². The maximum Gasteiger partial charge on any atom is 0.336 e. The maximum absolute atomic E-state index is 12.3. The minimum Gasteiger partial charge on any atom is -0.373 e. The van der Waals surface area contributed by atoms with E-state index >= 15 is 0 Å². The molecular formula is C15H23N3O5. The van der Waals surface area contributed by atoms with Crippen LogP contribution in [-0.2, 0) is 22.6 Å². The molecule has 2 aliphatic rings. The second kappa shape index (κ2) is 7.27. The zero-order valence-corrected chi connectivity index (χ0v) is 13.2. The molecule has 3 heterocycles. The average molecular weight is 325 g/mol. The molecular weight excluding hydrogens is 302 g/mol. The number of nitrogens with one attached hydrogen (secondary N) is 1. The van der Waals surface area contributed by atoms with Crippen molar-refractivity contribution < 1.29 is 9.47 Å². The van der Waals surface area contributed by atoms with E-state index < -0.39 is 17.1 Å². The van der Waals surface area contributed by atoms with Gasteiger partial charge in [0.2, 0.25) is 0 Å². The number of nitrogens with zero attached hydrogens (tertiary/aromatic N) is 2. The molecule has 2 unspecified atom stereocenters. The van der Waals surface area contributed by atoms with E-state index in [0.717, 1.165) is 60.9 Å². The van der Waals surface area contributed by atoms with E-state index in [9.17, 15) is 14.4 Å². The van der Waals surface area contributed by atoms with Gasteiger partial charge in [0.25, 0.3) is 0 Å². The summed E-state index contributed by atoms with van der Waals surface area (Å²) in [6.07, 6.45) is 5.86. The Balaban J connectivity index is 1.58. The van der Waals surface area contributed by atoms with Crippen molar-refractivity contribution in [2.24, 2.45) is 0 Å². The Morgan fingerprint density at radius 2 is 1.26 bits per heavy atom. The Bertz CT molecular complexity index is 641. The first-order chi connectivity index (χ1) is 11.1. The number of ether oxygens (including phenoxy) is 2. The number of unbranched alkanes of at least 4 members (excludes halogenated alkanes) is 2. The fraction of sp³-hybridized carbons (Fsp3) is 0.800. The molecule has 8 nitrogen and oxygen atoms in total. The molecule has 1 N–H and O–H groups in total. The standard InChI is InChI=1S/C15H23N3O5/c19-13-16-14(20)18(8-4-2-6-12-10-23-12)15(21)17(13)7-3-1-5-11-9-22-11/h11-12H,1-10H2,(H,16,19,20). The Morgan fingerprint density at radius 1 is 0.826 bits per heavy atom. The van der Waals surface area contributed by atoms with E-state index in [1.165, 1.54) is 0 Å². The topological polar surface area (TPSA) is 102 Å². The largest absolute Gasteiger partial charge is 0.373 e. The molecule has 2 aliphatic heterocycles. The van der Waals surface area contributed by atoms with Crippen molar-refractivity contribution in [3.8, 4) is 0 Å². The van der Waals surface area contributed by atoms with Crippen LogP contribution in [0.5, 0.6) is 0 Å². The number of hydrogen-bond donors (Lipinski definition) is 1. The summed E-state index contributed by atoms with van der Waals surface area (Å²) in [5.74, 6) is 0. The van der Waals surface area contributed by atoms with Gasteiger partial charge in [-0.05, 0) is 38.5 Å². The number of epoxide rings is 2. The third-order valence-corrected chi connectivity index (χ3v) is 4.29. The third-order valence-electron chi connectivity index (χ3n) is 4.29. The monoisotopic (exact) mass is 325 g/mol. The quantitative estimate of drug-likeness (QED) is 0.475. The Labute approximate surface area is 133 Å². The summed E-state index contributed by atoms with van der Waals surface area (Å²) in [6.45, 7) is 2.29. The molecule has 0 amide bonds. The van der Waals surface area contributed by atoms with Crippen molar-refractivity contribution in [3.05, 3.63) is 31.5 Å². The summed E-state index contributed by atoms with van der Waals surface area (Å²) in [4.78, 5) is 38.3.